The minimum Gasteiger partial charge on any atom is -0.507 e. The van der Waals surface area contributed by atoms with E-state index < -0.39 is 35.3 Å². The van der Waals surface area contributed by atoms with Gasteiger partial charge in [0.25, 0.3) is 11.7 Å². The van der Waals surface area contributed by atoms with Gasteiger partial charge < -0.3 is 24.5 Å². The van der Waals surface area contributed by atoms with E-state index in [-0.39, 0.29) is 30.0 Å². The zero-order valence-corrected chi connectivity index (χ0v) is 21.3. The first kappa shape index (κ1) is 26.6. The number of ketones is 1. The van der Waals surface area contributed by atoms with Gasteiger partial charge in [0.2, 0.25) is 0 Å². The third-order valence-electron chi connectivity index (χ3n) is 6.84. The number of benzene rings is 1. The molecule has 37 heavy (non-hydrogen) atoms. The fraction of sp³-hybridized carbons (Fsp3) is 0.444. The number of hydrogen-bond donors (Lipinski definition) is 2. The van der Waals surface area contributed by atoms with Gasteiger partial charge in [0.05, 0.1) is 31.4 Å². The van der Waals surface area contributed by atoms with Gasteiger partial charge in [-0.2, -0.15) is 0 Å². The Kier molecular flexibility index (Phi) is 8.09. The standard InChI is InChI=1S/C27H32FN3O6/c1-4-37-27(35)22-16(2)20(17(3)29-22)24(32)21-23(18-7-5-8-19(28)15-18)31(26(34)25(21)33)10-6-9-30-11-13-36-14-12-30/h5,7-8,15,23,29,32H,4,6,9-14H2,1-3H3/b24-21+/t23-/m1/s1. The number of aryl methyl sites for hydroxylation is 1. The molecule has 2 fully saturated rings. The lowest BCUT2D eigenvalue weighted by Crippen LogP contribution is -2.39. The van der Waals surface area contributed by atoms with Crippen LogP contribution in [0.4, 0.5) is 4.39 Å². The average molecular weight is 514 g/mol. The van der Waals surface area contributed by atoms with Crippen LogP contribution >= 0.6 is 0 Å². The number of carbonyl (C=O) groups excluding carboxylic acids is 3. The number of amides is 1. The molecule has 2 aliphatic rings. The monoisotopic (exact) mass is 513 g/mol. The van der Waals surface area contributed by atoms with Crippen LogP contribution < -0.4 is 0 Å². The molecule has 2 aromatic rings. The molecule has 4 rings (SSSR count). The summed E-state index contributed by atoms with van der Waals surface area (Å²) < 4.78 is 24.7. The highest BCUT2D eigenvalue weighted by atomic mass is 19.1. The summed E-state index contributed by atoms with van der Waals surface area (Å²) in [5.41, 5.74) is 1.48. The van der Waals surface area contributed by atoms with Crippen LogP contribution in [-0.4, -0.2) is 83.5 Å². The van der Waals surface area contributed by atoms with Crippen LogP contribution in [0.25, 0.3) is 5.76 Å². The number of H-pyrrole nitrogens is 1. The summed E-state index contributed by atoms with van der Waals surface area (Å²) in [6.45, 7) is 8.98. The van der Waals surface area contributed by atoms with Crippen molar-refractivity contribution in [3.63, 3.8) is 0 Å². The van der Waals surface area contributed by atoms with Crippen LogP contribution in [0.1, 0.15) is 52.3 Å². The fourth-order valence-electron chi connectivity index (χ4n) is 5.07. The molecule has 0 bridgehead atoms. The second-order valence-electron chi connectivity index (χ2n) is 9.20. The summed E-state index contributed by atoms with van der Waals surface area (Å²) in [6.07, 6.45) is 0.591. The molecule has 10 heteroatoms. The van der Waals surface area contributed by atoms with Crippen molar-refractivity contribution in [3.8, 4) is 0 Å². The van der Waals surface area contributed by atoms with E-state index in [1.165, 1.54) is 23.1 Å². The molecule has 1 atom stereocenters. The summed E-state index contributed by atoms with van der Waals surface area (Å²) in [4.78, 5) is 45.4. The normalized spacial score (nSPS) is 20.0. The average Bonchev–Trinajstić information content (AvgIpc) is 3.32. The number of rotatable bonds is 8. The van der Waals surface area contributed by atoms with Gasteiger partial charge >= 0.3 is 5.97 Å². The lowest BCUT2D eigenvalue weighted by molar-refractivity contribution is -0.140. The van der Waals surface area contributed by atoms with Crippen molar-refractivity contribution in [3.05, 3.63) is 63.7 Å². The largest absolute Gasteiger partial charge is 0.507 e. The molecule has 198 valence electrons. The van der Waals surface area contributed by atoms with E-state index >= 15 is 0 Å². The molecule has 0 saturated carbocycles. The number of hydrogen-bond acceptors (Lipinski definition) is 7. The highest BCUT2D eigenvalue weighted by Gasteiger charge is 2.46. The lowest BCUT2D eigenvalue weighted by atomic mass is 9.94. The summed E-state index contributed by atoms with van der Waals surface area (Å²) in [5, 5.41) is 11.4. The van der Waals surface area contributed by atoms with Gasteiger partial charge in [0, 0.05) is 37.4 Å². The van der Waals surface area contributed by atoms with Crippen LogP contribution in [0, 0.1) is 19.7 Å². The highest BCUT2D eigenvalue weighted by molar-refractivity contribution is 6.46. The molecule has 2 N–H and O–H groups in total. The topological polar surface area (TPSA) is 112 Å². The number of halogens is 1. The molecule has 2 saturated heterocycles. The number of nitrogens with one attached hydrogen (secondary N) is 1. The van der Waals surface area contributed by atoms with Gasteiger partial charge in [0.1, 0.15) is 17.3 Å². The van der Waals surface area contributed by atoms with Crippen molar-refractivity contribution in [1.82, 2.24) is 14.8 Å². The lowest BCUT2D eigenvalue weighted by Gasteiger charge is -2.29. The molecule has 1 aromatic heterocycles. The van der Waals surface area contributed by atoms with Crippen LogP contribution in [0.2, 0.25) is 0 Å². The van der Waals surface area contributed by atoms with Gasteiger partial charge in [-0.3, -0.25) is 14.5 Å². The first-order chi connectivity index (χ1) is 17.7. The molecule has 2 aliphatic heterocycles. The number of Topliss-reactive ketones (excluding diaryl/α,β-unsaturated/α-hetero) is 1. The summed E-state index contributed by atoms with van der Waals surface area (Å²) in [5.74, 6) is -3.13. The Morgan fingerprint density at radius 1 is 1.22 bits per heavy atom. The van der Waals surface area contributed by atoms with E-state index in [9.17, 15) is 23.9 Å². The Hall–Kier alpha value is -3.50. The smallest absolute Gasteiger partial charge is 0.355 e. The number of aliphatic hydroxyl groups excluding tert-OH is 1. The van der Waals surface area contributed by atoms with Crippen LogP contribution in [-0.2, 0) is 19.1 Å². The van der Waals surface area contributed by atoms with E-state index in [0.29, 0.717) is 43.0 Å². The Bertz CT molecular complexity index is 1230. The number of aliphatic hydroxyl groups is 1. The number of likely N-dealkylation sites (tertiary alicyclic amines) is 1. The molecular formula is C27H32FN3O6. The van der Waals surface area contributed by atoms with Gasteiger partial charge in [-0.1, -0.05) is 12.1 Å². The SMILES string of the molecule is CCOC(=O)c1[nH]c(C)c(/C(O)=C2\C(=O)C(=O)N(CCCN3CCOCC3)[C@@H]2c2cccc(F)c2)c1C. The minimum atomic E-state index is -0.972. The molecule has 0 spiro atoms. The maximum atomic E-state index is 14.2. The third-order valence-corrected chi connectivity index (χ3v) is 6.84. The first-order valence-electron chi connectivity index (χ1n) is 12.4. The summed E-state index contributed by atoms with van der Waals surface area (Å²) in [6, 6.07) is 4.70. The number of aromatic nitrogens is 1. The Balaban J connectivity index is 1.74. The minimum absolute atomic E-state index is 0.136. The van der Waals surface area contributed by atoms with Crippen molar-refractivity contribution in [2.24, 2.45) is 0 Å². The van der Waals surface area contributed by atoms with Gasteiger partial charge in [-0.15, -0.1) is 0 Å². The maximum Gasteiger partial charge on any atom is 0.355 e. The zero-order chi connectivity index (χ0) is 26.7. The molecular weight excluding hydrogens is 481 g/mol. The summed E-state index contributed by atoms with van der Waals surface area (Å²) in [7, 11) is 0. The Morgan fingerprint density at radius 2 is 1.95 bits per heavy atom. The van der Waals surface area contributed by atoms with E-state index in [0.717, 1.165) is 13.1 Å². The predicted octanol–water partition coefficient (Wildman–Crippen LogP) is 3.09. The van der Waals surface area contributed by atoms with Crippen LogP contribution in [0.3, 0.4) is 0 Å². The van der Waals surface area contributed by atoms with Crippen molar-refractivity contribution < 1.29 is 33.4 Å². The molecule has 0 aliphatic carbocycles. The number of ether oxygens (including phenoxy) is 2. The number of carbonyl (C=O) groups is 3. The maximum absolute atomic E-state index is 14.2. The number of esters is 1. The second kappa shape index (κ2) is 11.3. The quantitative estimate of drug-likeness (QED) is 0.241. The second-order valence-corrected chi connectivity index (χ2v) is 9.20. The van der Waals surface area contributed by atoms with Crippen molar-refractivity contribution in [2.75, 3.05) is 46.0 Å². The Morgan fingerprint density at radius 3 is 2.62 bits per heavy atom. The molecule has 1 aromatic carbocycles. The van der Waals surface area contributed by atoms with Crippen molar-refractivity contribution in [2.45, 2.75) is 33.2 Å². The van der Waals surface area contributed by atoms with E-state index in [1.54, 1.807) is 26.8 Å². The zero-order valence-electron chi connectivity index (χ0n) is 21.3. The Labute approximate surface area is 214 Å². The van der Waals surface area contributed by atoms with Crippen LogP contribution in [0.15, 0.2) is 29.8 Å². The molecule has 3 heterocycles. The van der Waals surface area contributed by atoms with Gasteiger partial charge in [-0.05, 0) is 50.5 Å². The van der Waals surface area contributed by atoms with E-state index in [2.05, 4.69) is 9.88 Å². The first-order valence-corrected chi connectivity index (χ1v) is 12.4. The molecule has 9 nitrogen and oxygen atoms in total. The number of nitrogens with zero attached hydrogens (tertiary/aromatic N) is 2. The molecule has 0 unspecified atom stereocenters. The van der Waals surface area contributed by atoms with Gasteiger partial charge in [-0.25, -0.2) is 9.18 Å². The molecule has 1 amide bonds. The number of aromatic amines is 1. The predicted molar refractivity (Wildman–Crippen MR) is 134 cm³/mol. The fourth-order valence-corrected chi connectivity index (χ4v) is 5.07. The van der Waals surface area contributed by atoms with Crippen LogP contribution in [0.5, 0.6) is 0 Å². The van der Waals surface area contributed by atoms with E-state index in [1.807, 2.05) is 0 Å². The van der Waals surface area contributed by atoms with Crippen molar-refractivity contribution in [1.29, 1.82) is 0 Å². The van der Waals surface area contributed by atoms with Gasteiger partial charge in [0.15, 0.2) is 0 Å². The van der Waals surface area contributed by atoms with E-state index in [4.69, 9.17) is 9.47 Å². The summed E-state index contributed by atoms with van der Waals surface area (Å²) >= 11 is 0. The number of morpholine rings is 1. The molecule has 0 radical (unpaired) electrons. The highest BCUT2D eigenvalue weighted by Crippen LogP contribution is 2.41. The third kappa shape index (κ3) is 5.30. The van der Waals surface area contributed by atoms with Crippen molar-refractivity contribution >= 4 is 23.4 Å².